The highest BCUT2D eigenvalue weighted by molar-refractivity contribution is 9.10. The van der Waals surface area contributed by atoms with Crippen molar-refractivity contribution in [3.8, 4) is 6.07 Å². The molecule has 0 spiro atoms. The van der Waals surface area contributed by atoms with Gasteiger partial charge < -0.3 is 0 Å². The molecule has 1 aromatic rings. The van der Waals surface area contributed by atoms with Gasteiger partial charge in [-0.05, 0) is 28.1 Å². The molecule has 0 saturated heterocycles. The van der Waals surface area contributed by atoms with Gasteiger partial charge in [0.15, 0.2) is 5.78 Å². The molecule has 0 radical (unpaired) electrons. The summed E-state index contributed by atoms with van der Waals surface area (Å²) in [5, 5.41) is 8.71. The van der Waals surface area contributed by atoms with Crippen LogP contribution in [0.15, 0.2) is 22.7 Å². The van der Waals surface area contributed by atoms with E-state index in [-0.39, 0.29) is 5.78 Å². The largest absolute Gasteiger partial charge is 0.294 e. The molecular weight excluding hydrogens is 230 g/mol. The quantitative estimate of drug-likeness (QED) is 0.743. The normalized spacial score (nSPS) is 9.31. The van der Waals surface area contributed by atoms with Gasteiger partial charge in [0.05, 0.1) is 5.56 Å². The number of carbonyl (C=O) groups excluding carboxylic acids is 1. The molecule has 13 heavy (non-hydrogen) atoms. The minimum absolute atomic E-state index is 0.0593. The van der Waals surface area contributed by atoms with E-state index in [4.69, 9.17) is 5.26 Å². The van der Waals surface area contributed by atoms with Crippen LogP contribution in [0, 0.1) is 11.3 Å². The Morgan fingerprint density at radius 1 is 1.62 bits per heavy atom. The summed E-state index contributed by atoms with van der Waals surface area (Å²) in [4.78, 5) is 11.3. The fraction of sp³-hybridized carbons (Fsp3) is 0.200. The van der Waals surface area contributed by atoms with Gasteiger partial charge in [-0.15, -0.1) is 0 Å². The van der Waals surface area contributed by atoms with Gasteiger partial charge in [-0.25, -0.2) is 0 Å². The van der Waals surface area contributed by atoms with Crippen molar-refractivity contribution in [1.82, 2.24) is 0 Å². The van der Waals surface area contributed by atoms with E-state index in [0.717, 1.165) is 4.47 Å². The van der Waals surface area contributed by atoms with E-state index in [1.807, 2.05) is 6.07 Å². The van der Waals surface area contributed by atoms with Crippen LogP contribution in [0.3, 0.4) is 0 Å². The first-order valence-electron chi connectivity index (χ1n) is 3.92. The van der Waals surface area contributed by atoms with Crippen molar-refractivity contribution >= 4 is 21.7 Å². The lowest BCUT2D eigenvalue weighted by Gasteiger charge is -1.99. The molecule has 0 saturated carbocycles. The molecule has 0 aromatic heterocycles. The molecule has 66 valence electrons. The molecule has 0 N–H and O–H groups in total. The molecule has 0 heterocycles. The Kier molecular flexibility index (Phi) is 3.21. The molecule has 2 nitrogen and oxygen atoms in total. The van der Waals surface area contributed by atoms with E-state index in [1.165, 1.54) is 0 Å². The van der Waals surface area contributed by atoms with Gasteiger partial charge in [-0.2, -0.15) is 5.26 Å². The highest BCUT2D eigenvalue weighted by Gasteiger charge is 2.05. The first kappa shape index (κ1) is 9.94. The Morgan fingerprint density at radius 3 is 2.85 bits per heavy atom. The van der Waals surface area contributed by atoms with Gasteiger partial charge in [0.25, 0.3) is 0 Å². The van der Waals surface area contributed by atoms with Crippen LogP contribution in [0.25, 0.3) is 0 Å². The molecular formula is C10H8BrNO. The predicted molar refractivity (Wildman–Crippen MR) is 53.5 cm³/mol. The molecule has 0 unspecified atom stereocenters. The average molecular weight is 238 g/mol. The standard InChI is InChI=1S/C10H8BrNO/c1-2-10(13)7-3-4-9(11)8(5-7)6-12/h3-5H,2H2,1H3. The molecule has 0 atom stereocenters. The summed E-state index contributed by atoms with van der Waals surface area (Å²) in [5.74, 6) is 0.0593. The van der Waals surface area contributed by atoms with Crippen molar-refractivity contribution in [2.24, 2.45) is 0 Å². The predicted octanol–water partition coefficient (Wildman–Crippen LogP) is 2.91. The van der Waals surface area contributed by atoms with Crippen LogP contribution in [-0.4, -0.2) is 5.78 Å². The molecule has 1 aromatic carbocycles. The smallest absolute Gasteiger partial charge is 0.162 e. The Bertz CT molecular complexity index is 379. The molecule has 0 bridgehead atoms. The van der Waals surface area contributed by atoms with Crippen LogP contribution in [0.1, 0.15) is 29.3 Å². The zero-order chi connectivity index (χ0) is 9.84. The second kappa shape index (κ2) is 4.20. The van der Waals surface area contributed by atoms with Crippen molar-refractivity contribution in [1.29, 1.82) is 5.26 Å². The van der Waals surface area contributed by atoms with Gasteiger partial charge in [0.2, 0.25) is 0 Å². The maximum absolute atomic E-state index is 11.3. The van der Waals surface area contributed by atoms with Crippen molar-refractivity contribution in [2.75, 3.05) is 0 Å². The zero-order valence-electron chi connectivity index (χ0n) is 7.17. The number of ketones is 1. The number of halogens is 1. The number of hydrogen-bond acceptors (Lipinski definition) is 2. The third kappa shape index (κ3) is 2.16. The summed E-state index contributed by atoms with van der Waals surface area (Å²) in [5.41, 5.74) is 1.10. The van der Waals surface area contributed by atoms with Gasteiger partial charge in [-0.3, -0.25) is 4.79 Å². The zero-order valence-corrected chi connectivity index (χ0v) is 8.76. The van der Waals surface area contributed by atoms with Crippen LogP contribution in [0.4, 0.5) is 0 Å². The summed E-state index contributed by atoms with van der Waals surface area (Å²) in [6.07, 6.45) is 0.465. The summed E-state index contributed by atoms with van der Waals surface area (Å²) in [6, 6.07) is 7.07. The van der Waals surface area contributed by atoms with Crippen molar-refractivity contribution < 1.29 is 4.79 Å². The number of Topliss-reactive ketones (excluding diaryl/α,β-unsaturated/α-hetero) is 1. The molecule has 0 fully saturated rings. The second-order valence-corrected chi connectivity index (χ2v) is 3.44. The number of carbonyl (C=O) groups is 1. The third-order valence-corrected chi connectivity index (χ3v) is 2.42. The topological polar surface area (TPSA) is 40.9 Å². The van der Waals surface area contributed by atoms with E-state index in [1.54, 1.807) is 25.1 Å². The maximum Gasteiger partial charge on any atom is 0.162 e. The fourth-order valence-corrected chi connectivity index (χ4v) is 1.32. The lowest BCUT2D eigenvalue weighted by molar-refractivity contribution is 0.0988. The number of nitrogens with zero attached hydrogens (tertiary/aromatic N) is 1. The Balaban J connectivity index is 3.15. The van der Waals surface area contributed by atoms with Gasteiger partial charge in [-0.1, -0.05) is 13.0 Å². The van der Waals surface area contributed by atoms with Crippen LogP contribution in [0.5, 0.6) is 0 Å². The van der Waals surface area contributed by atoms with Crippen molar-refractivity contribution in [3.05, 3.63) is 33.8 Å². The minimum Gasteiger partial charge on any atom is -0.294 e. The third-order valence-electron chi connectivity index (χ3n) is 1.73. The molecule has 0 amide bonds. The monoisotopic (exact) mass is 237 g/mol. The molecule has 0 aliphatic carbocycles. The Hall–Kier alpha value is -1.14. The Morgan fingerprint density at radius 2 is 2.31 bits per heavy atom. The van der Waals surface area contributed by atoms with E-state index >= 15 is 0 Å². The van der Waals surface area contributed by atoms with Crippen molar-refractivity contribution in [3.63, 3.8) is 0 Å². The highest BCUT2D eigenvalue weighted by Crippen LogP contribution is 2.18. The van der Waals surface area contributed by atoms with Crippen molar-refractivity contribution in [2.45, 2.75) is 13.3 Å². The van der Waals surface area contributed by atoms with Crippen LogP contribution >= 0.6 is 15.9 Å². The van der Waals surface area contributed by atoms with Crippen LogP contribution in [-0.2, 0) is 0 Å². The summed E-state index contributed by atoms with van der Waals surface area (Å²) in [6.45, 7) is 1.80. The highest BCUT2D eigenvalue weighted by atomic mass is 79.9. The molecule has 0 aliphatic heterocycles. The fourth-order valence-electron chi connectivity index (χ4n) is 0.989. The molecule has 3 heteroatoms. The van der Waals surface area contributed by atoms with E-state index < -0.39 is 0 Å². The number of benzene rings is 1. The molecule has 1 rings (SSSR count). The number of nitriles is 1. The van der Waals surface area contributed by atoms with Crippen LogP contribution < -0.4 is 0 Å². The van der Waals surface area contributed by atoms with Crippen LogP contribution in [0.2, 0.25) is 0 Å². The second-order valence-electron chi connectivity index (χ2n) is 2.58. The minimum atomic E-state index is 0.0593. The first-order valence-corrected chi connectivity index (χ1v) is 4.71. The van der Waals surface area contributed by atoms with Gasteiger partial charge in [0, 0.05) is 16.5 Å². The summed E-state index contributed by atoms with van der Waals surface area (Å²) in [7, 11) is 0. The SMILES string of the molecule is CCC(=O)c1ccc(Br)c(C#N)c1. The first-order chi connectivity index (χ1) is 6.19. The Labute approximate surface area is 85.3 Å². The van der Waals surface area contributed by atoms with E-state index in [2.05, 4.69) is 15.9 Å². The average Bonchev–Trinajstić information content (AvgIpc) is 2.17. The lowest BCUT2D eigenvalue weighted by Crippen LogP contribution is -1.96. The van der Waals surface area contributed by atoms with Gasteiger partial charge in [0.1, 0.15) is 6.07 Å². The lowest BCUT2D eigenvalue weighted by atomic mass is 10.1. The molecule has 0 aliphatic rings. The number of hydrogen-bond donors (Lipinski definition) is 0. The summed E-state index contributed by atoms with van der Waals surface area (Å²) < 4.78 is 0.725. The van der Waals surface area contributed by atoms with Gasteiger partial charge >= 0.3 is 0 Å². The number of rotatable bonds is 2. The van der Waals surface area contributed by atoms with E-state index in [9.17, 15) is 4.79 Å². The maximum atomic E-state index is 11.3. The summed E-state index contributed by atoms with van der Waals surface area (Å²) >= 11 is 3.23. The van der Waals surface area contributed by atoms with E-state index in [0.29, 0.717) is 17.5 Å².